The van der Waals surface area contributed by atoms with E-state index in [0.717, 1.165) is 18.3 Å². The van der Waals surface area contributed by atoms with E-state index in [1.54, 1.807) is 30.3 Å². The van der Waals surface area contributed by atoms with Crippen molar-refractivity contribution in [3.63, 3.8) is 0 Å². The lowest BCUT2D eigenvalue weighted by molar-refractivity contribution is 0.583. The number of anilines is 1. The summed E-state index contributed by atoms with van der Waals surface area (Å²) in [6.07, 6.45) is 1.06. The molecule has 9 heteroatoms. The summed E-state index contributed by atoms with van der Waals surface area (Å²) in [5.74, 6) is -1.90. The second-order valence-corrected chi connectivity index (χ2v) is 5.63. The maximum atomic E-state index is 13.8. The van der Waals surface area contributed by atoms with E-state index >= 15 is 0 Å². The van der Waals surface area contributed by atoms with Crippen molar-refractivity contribution in [1.82, 2.24) is 9.97 Å². The number of benzene rings is 2. The molecule has 0 bridgehead atoms. The number of hydrogen-bond acceptors (Lipinski definition) is 5. The minimum absolute atomic E-state index is 0.0530. The first-order valence-corrected chi connectivity index (χ1v) is 7.91. The van der Waals surface area contributed by atoms with Crippen molar-refractivity contribution in [1.29, 1.82) is 5.26 Å². The van der Waals surface area contributed by atoms with Crippen molar-refractivity contribution < 1.29 is 8.78 Å². The van der Waals surface area contributed by atoms with Crippen molar-refractivity contribution in [2.75, 3.05) is 5.43 Å². The van der Waals surface area contributed by atoms with Gasteiger partial charge in [-0.3, -0.25) is 9.78 Å². The van der Waals surface area contributed by atoms with Gasteiger partial charge < -0.3 is 0 Å². The van der Waals surface area contributed by atoms with Crippen molar-refractivity contribution in [2.24, 2.45) is 5.10 Å². The van der Waals surface area contributed by atoms with E-state index in [0.29, 0.717) is 5.56 Å². The van der Waals surface area contributed by atoms with Crippen LogP contribution in [-0.4, -0.2) is 16.2 Å². The summed E-state index contributed by atoms with van der Waals surface area (Å²) in [7, 11) is 0. The third-order valence-electron chi connectivity index (χ3n) is 3.52. The number of hydrazone groups is 1. The van der Waals surface area contributed by atoms with Gasteiger partial charge in [0.05, 0.1) is 11.9 Å². The second-order valence-electron chi connectivity index (χ2n) is 5.25. The second kappa shape index (κ2) is 7.76. The average molecular weight is 386 g/mol. The molecule has 27 heavy (non-hydrogen) atoms. The molecule has 1 heterocycles. The molecule has 1 aromatic heterocycles. The average Bonchev–Trinajstić information content (AvgIpc) is 2.68. The monoisotopic (exact) mass is 385 g/mol. The number of aromatic nitrogens is 2. The van der Waals surface area contributed by atoms with Gasteiger partial charge in [-0.1, -0.05) is 41.9 Å². The van der Waals surface area contributed by atoms with Crippen LogP contribution in [-0.2, 0) is 0 Å². The zero-order chi connectivity index (χ0) is 19.4. The Morgan fingerprint density at radius 1 is 1.22 bits per heavy atom. The Morgan fingerprint density at radius 3 is 2.67 bits per heavy atom. The smallest absolute Gasteiger partial charge is 0.270 e. The van der Waals surface area contributed by atoms with Gasteiger partial charge in [0.15, 0.2) is 5.82 Å². The van der Waals surface area contributed by atoms with Gasteiger partial charge in [-0.05, 0) is 12.1 Å². The first kappa shape index (κ1) is 18.2. The van der Waals surface area contributed by atoms with Crippen LogP contribution in [0.1, 0.15) is 11.1 Å². The molecule has 0 saturated heterocycles. The van der Waals surface area contributed by atoms with Crippen molar-refractivity contribution in [2.45, 2.75) is 0 Å². The van der Waals surface area contributed by atoms with Gasteiger partial charge in [-0.25, -0.2) is 19.2 Å². The molecule has 0 radical (unpaired) electrons. The third-order valence-corrected chi connectivity index (χ3v) is 3.86. The Kier molecular flexibility index (Phi) is 5.24. The molecule has 134 valence electrons. The number of halogens is 3. The molecule has 6 nitrogen and oxygen atoms in total. The van der Waals surface area contributed by atoms with Crippen LogP contribution in [0.2, 0.25) is 5.02 Å². The van der Waals surface area contributed by atoms with Crippen LogP contribution in [0.4, 0.5) is 14.7 Å². The quantitative estimate of drug-likeness (QED) is 0.407. The summed E-state index contributed by atoms with van der Waals surface area (Å²) in [4.78, 5) is 18.6. The highest BCUT2D eigenvalue weighted by Crippen LogP contribution is 2.21. The zero-order valence-electron chi connectivity index (χ0n) is 13.5. The topological polar surface area (TPSA) is 93.9 Å². The van der Waals surface area contributed by atoms with Crippen LogP contribution in [0.15, 0.2) is 52.4 Å². The fraction of sp³-hybridized carbons (Fsp3) is 0. The van der Waals surface area contributed by atoms with Gasteiger partial charge in [0.1, 0.15) is 22.5 Å². The molecule has 0 unspecified atom stereocenters. The lowest BCUT2D eigenvalue weighted by atomic mass is 10.1. The Hall–Kier alpha value is -3.57. The highest BCUT2D eigenvalue weighted by atomic mass is 35.5. The van der Waals surface area contributed by atoms with Crippen LogP contribution < -0.4 is 11.0 Å². The summed E-state index contributed by atoms with van der Waals surface area (Å²) in [5.41, 5.74) is 2.33. The molecule has 2 aromatic carbocycles. The molecule has 2 N–H and O–H groups in total. The minimum Gasteiger partial charge on any atom is -0.290 e. The number of rotatable bonds is 4. The first-order valence-electron chi connectivity index (χ1n) is 7.53. The predicted molar refractivity (Wildman–Crippen MR) is 97.6 cm³/mol. The highest BCUT2D eigenvalue weighted by molar-refractivity contribution is 6.31. The molecule has 0 aliphatic rings. The molecular weight excluding hydrogens is 376 g/mol. The summed E-state index contributed by atoms with van der Waals surface area (Å²) < 4.78 is 27.0. The Labute approximate surface area is 156 Å². The number of nitriles is 1. The molecule has 0 atom stereocenters. The van der Waals surface area contributed by atoms with E-state index in [1.165, 1.54) is 0 Å². The summed E-state index contributed by atoms with van der Waals surface area (Å²) in [5, 5.41) is 12.3. The Morgan fingerprint density at radius 2 is 1.96 bits per heavy atom. The Balaban J connectivity index is 1.93. The number of nitrogens with one attached hydrogen (secondary N) is 2. The number of aromatic amines is 1. The van der Waals surface area contributed by atoms with Crippen LogP contribution >= 0.6 is 11.6 Å². The predicted octanol–water partition coefficient (Wildman–Crippen LogP) is 3.69. The van der Waals surface area contributed by atoms with E-state index in [1.807, 2.05) is 6.07 Å². The zero-order valence-corrected chi connectivity index (χ0v) is 14.3. The molecule has 3 rings (SSSR count). The van der Waals surface area contributed by atoms with Gasteiger partial charge in [0.2, 0.25) is 5.95 Å². The highest BCUT2D eigenvalue weighted by Gasteiger charge is 2.13. The molecule has 3 aromatic rings. The maximum absolute atomic E-state index is 13.8. The van der Waals surface area contributed by atoms with Gasteiger partial charge in [0.25, 0.3) is 5.56 Å². The van der Waals surface area contributed by atoms with Crippen LogP contribution in [0, 0.1) is 23.0 Å². The fourth-order valence-corrected chi connectivity index (χ4v) is 2.41. The lowest BCUT2D eigenvalue weighted by Crippen LogP contribution is -2.16. The SMILES string of the molecule is N#Cc1c(-c2ccccc2)nc(NN=Cc2ccc(F)c(Cl)c2F)[nH]c1=O. The van der Waals surface area contributed by atoms with E-state index in [-0.39, 0.29) is 22.8 Å². The molecule has 0 saturated carbocycles. The number of H-pyrrole nitrogens is 1. The van der Waals surface area contributed by atoms with E-state index in [9.17, 15) is 18.8 Å². The summed E-state index contributed by atoms with van der Waals surface area (Å²) in [6, 6.07) is 12.6. The largest absolute Gasteiger partial charge is 0.290 e. The van der Waals surface area contributed by atoms with Crippen LogP contribution in [0.5, 0.6) is 0 Å². The standard InChI is InChI=1S/C18H10ClF2N5O/c19-14-13(20)7-6-11(15(14)21)9-23-26-18-24-16(10-4-2-1-3-5-10)12(8-22)17(27)25-18/h1-7,9H,(H2,24,25,26,27). The Bertz CT molecular complexity index is 1120. The van der Waals surface area contributed by atoms with Gasteiger partial charge in [-0.2, -0.15) is 10.4 Å². The molecular formula is C18H10ClF2N5O. The number of nitrogens with zero attached hydrogens (tertiary/aromatic N) is 3. The maximum Gasteiger partial charge on any atom is 0.270 e. The van der Waals surface area contributed by atoms with Gasteiger partial charge >= 0.3 is 0 Å². The van der Waals surface area contributed by atoms with Gasteiger partial charge in [-0.15, -0.1) is 0 Å². The normalized spacial score (nSPS) is 10.7. The third kappa shape index (κ3) is 3.83. The van der Waals surface area contributed by atoms with Crippen LogP contribution in [0.3, 0.4) is 0 Å². The van der Waals surface area contributed by atoms with Gasteiger partial charge in [0, 0.05) is 11.1 Å². The fourth-order valence-electron chi connectivity index (χ4n) is 2.24. The van der Waals surface area contributed by atoms with Crippen molar-refractivity contribution in [3.05, 3.63) is 80.6 Å². The van der Waals surface area contributed by atoms with E-state index < -0.39 is 22.2 Å². The lowest BCUT2D eigenvalue weighted by Gasteiger charge is -2.06. The first-order chi connectivity index (χ1) is 13.0. The summed E-state index contributed by atoms with van der Waals surface area (Å²) in [6.45, 7) is 0. The molecule has 0 amide bonds. The molecule has 0 aliphatic heterocycles. The van der Waals surface area contributed by atoms with Crippen molar-refractivity contribution in [3.8, 4) is 17.3 Å². The molecule has 0 aliphatic carbocycles. The molecule has 0 fully saturated rings. The van der Waals surface area contributed by atoms with Crippen molar-refractivity contribution >= 4 is 23.8 Å². The van der Waals surface area contributed by atoms with E-state index in [2.05, 4.69) is 20.5 Å². The van der Waals surface area contributed by atoms with Crippen LogP contribution in [0.25, 0.3) is 11.3 Å². The molecule has 0 spiro atoms. The minimum atomic E-state index is -0.964. The summed E-state index contributed by atoms with van der Waals surface area (Å²) >= 11 is 5.50. The van der Waals surface area contributed by atoms with E-state index in [4.69, 9.17) is 11.6 Å². The number of hydrogen-bond donors (Lipinski definition) is 2.